The van der Waals surface area contributed by atoms with E-state index in [4.69, 9.17) is 15.2 Å². The maximum Gasteiger partial charge on any atom is 0.573 e. The van der Waals surface area contributed by atoms with Crippen LogP contribution in [0.5, 0.6) is 5.75 Å². The summed E-state index contributed by atoms with van der Waals surface area (Å²) >= 11 is 0. The molecule has 3 heterocycles. The number of amides is 2. The van der Waals surface area contributed by atoms with E-state index in [2.05, 4.69) is 20.1 Å². The maximum atomic E-state index is 13.6. The highest BCUT2D eigenvalue weighted by molar-refractivity contribution is 5.98. The van der Waals surface area contributed by atoms with E-state index in [1.807, 2.05) is 0 Å². The van der Waals surface area contributed by atoms with Gasteiger partial charge >= 0.3 is 6.36 Å². The van der Waals surface area contributed by atoms with Crippen LogP contribution in [0.2, 0.25) is 0 Å². The Morgan fingerprint density at radius 3 is 2.45 bits per heavy atom. The third-order valence-electron chi connectivity index (χ3n) is 6.40. The minimum atomic E-state index is -4.91. The van der Waals surface area contributed by atoms with Gasteiger partial charge in [0.05, 0.1) is 30.5 Å². The molecule has 42 heavy (non-hydrogen) atoms. The lowest BCUT2D eigenvalue weighted by atomic mass is 9.97. The fourth-order valence-electron chi connectivity index (χ4n) is 4.55. The van der Waals surface area contributed by atoms with Crippen molar-refractivity contribution in [2.75, 3.05) is 13.2 Å². The largest absolute Gasteiger partial charge is 0.573 e. The van der Waals surface area contributed by atoms with Crippen molar-refractivity contribution in [3.8, 4) is 22.8 Å². The van der Waals surface area contributed by atoms with Gasteiger partial charge in [0.15, 0.2) is 5.82 Å². The van der Waals surface area contributed by atoms with Crippen LogP contribution in [0.3, 0.4) is 0 Å². The van der Waals surface area contributed by atoms with Gasteiger partial charge in [-0.1, -0.05) is 24.3 Å². The Labute approximate surface area is 236 Å². The van der Waals surface area contributed by atoms with Crippen LogP contribution in [0, 0.1) is 5.82 Å². The van der Waals surface area contributed by atoms with Crippen molar-refractivity contribution >= 4 is 11.8 Å². The number of nitrogens with zero attached hydrogens (tertiary/aromatic N) is 3. The topological polar surface area (TPSA) is 131 Å². The highest BCUT2D eigenvalue weighted by atomic mass is 19.4. The summed E-state index contributed by atoms with van der Waals surface area (Å²) in [6.07, 6.45) is -2.10. The minimum absolute atomic E-state index is 0.00748. The molecule has 2 aromatic heterocycles. The standard InChI is InChI=1S/C28H23F4N5O5/c29-18-9-7-17(8-10-18)16-23(27(26(33)39)40-14-15-41-27)35-25(38)20-5-3-12-34-24(20)37-13-11-21(36-37)19-4-1-2-6-22(19)42-28(30,31)32/h1-13,23H,14-16H2,(H2,33,39)(H,35,38). The Balaban J connectivity index is 1.46. The summed E-state index contributed by atoms with van der Waals surface area (Å²) in [7, 11) is 0. The third-order valence-corrected chi connectivity index (χ3v) is 6.40. The number of pyridine rings is 1. The molecule has 0 radical (unpaired) electrons. The molecule has 1 aliphatic rings. The normalized spacial score (nSPS) is 15.2. The van der Waals surface area contributed by atoms with Crippen LogP contribution >= 0.6 is 0 Å². The molecule has 0 bridgehead atoms. The molecule has 1 saturated heterocycles. The van der Waals surface area contributed by atoms with E-state index >= 15 is 0 Å². The molecule has 218 valence electrons. The Kier molecular flexibility index (Phi) is 7.91. The first-order chi connectivity index (χ1) is 20.1. The number of nitrogens with one attached hydrogen (secondary N) is 1. The van der Waals surface area contributed by atoms with Crippen LogP contribution in [0.4, 0.5) is 17.6 Å². The predicted octanol–water partition coefficient (Wildman–Crippen LogP) is 3.54. The molecule has 0 spiro atoms. The smallest absolute Gasteiger partial charge is 0.405 e. The molecule has 4 aromatic rings. The Bertz CT molecular complexity index is 1590. The Morgan fingerprint density at radius 1 is 1.05 bits per heavy atom. The first-order valence-electron chi connectivity index (χ1n) is 12.5. The van der Waals surface area contributed by atoms with Gasteiger partial charge in [0.1, 0.15) is 11.6 Å². The summed E-state index contributed by atoms with van der Waals surface area (Å²) < 4.78 is 68.8. The van der Waals surface area contributed by atoms with E-state index in [0.29, 0.717) is 5.56 Å². The summed E-state index contributed by atoms with van der Waals surface area (Å²) in [5.74, 6) is -4.54. The first kappa shape index (κ1) is 28.7. The van der Waals surface area contributed by atoms with Gasteiger partial charge in [-0.15, -0.1) is 13.2 Å². The van der Waals surface area contributed by atoms with Crippen molar-refractivity contribution in [2.45, 2.75) is 24.6 Å². The van der Waals surface area contributed by atoms with Crippen molar-refractivity contribution in [1.29, 1.82) is 0 Å². The number of alkyl halides is 3. The monoisotopic (exact) mass is 585 g/mol. The SMILES string of the molecule is NC(=O)C1(C(Cc2ccc(F)cc2)NC(=O)c2cccnc2-n2ccc(-c3ccccc3OC(F)(F)F)n2)OCCO1. The van der Waals surface area contributed by atoms with E-state index in [-0.39, 0.29) is 42.3 Å². The Morgan fingerprint density at radius 2 is 1.76 bits per heavy atom. The molecule has 1 fully saturated rings. The molecular weight excluding hydrogens is 562 g/mol. The first-order valence-corrected chi connectivity index (χ1v) is 12.5. The number of primary amides is 1. The van der Waals surface area contributed by atoms with Gasteiger partial charge < -0.3 is 25.3 Å². The number of aromatic nitrogens is 3. The second-order valence-corrected chi connectivity index (χ2v) is 9.15. The third kappa shape index (κ3) is 6.09. The Hall–Kier alpha value is -4.82. The maximum absolute atomic E-state index is 13.6. The van der Waals surface area contributed by atoms with Gasteiger partial charge in [-0.05, 0) is 54.4 Å². The number of para-hydroxylation sites is 1. The van der Waals surface area contributed by atoms with Gasteiger partial charge in [-0.25, -0.2) is 14.1 Å². The van der Waals surface area contributed by atoms with Crippen LogP contribution < -0.4 is 15.8 Å². The summed E-state index contributed by atoms with van der Waals surface area (Å²) in [4.78, 5) is 30.4. The van der Waals surface area contributed by atoms with Gasteiger partial charge in [-0.2, -0.15) is 5.10 Å². The lowest BCUT2D eigenvalue weighted by Gasteiger charge is -2.33. The van der Waals surface area contributed by atoms with Crippen LogP contribution in [0.15, 0.2) is 79.1 Å². The lowest BCUT2D eigenvalue weighted by Crippen LogP contribution is -2.61. The molecule has 0 saturated carbocycles. The van der Waals surface area contributed by atoms with Crippen molar-refractivity contribution < 1.29 is 41.4 Å². The van der Waals surface area contributed by atoms with Gasteiger partial charge in [0.2, 0.25) is 0 Å². The fourth-order valence-corrected chi connectivity index (χ4v) is 4.55. The number of nitrogens with two attached hydrogens (primary N) is 1. The lowest BCUT2D eigenvalue weighted by molar-refractivity contribution is -0.274. The molecular formula is C28H23F4N5O5. The van der Waals surface area contributed by atoms with Crippen molar-refractivity contribution in [3.63, 3.8) is 0 Å². The molecule has 1 unspecified atom stereocenters. The number of halogens is 4. The van der Waals surface area contributed by atoms with Crippen LogP contribution in [-0.2, 0) is 20.7 Å². The molecule has 2 aromatic carbocycles. The van der Waals surface area contributed by atoms with Gasteiger partial charge in [0, 0.05) is 18.0 Å². The second-order valence-electron chi connectivity index (χ2n) is 9.15. The number of hydrogen-bond donors (Lipinski definition) is 2. The fraction of sp³-hybridized carbons (Fsp3) is 0.214. The number of carbonyl (C=O) groups is 2. The number of hydrogen-bond acceptors (Lipinski definition) is 7. The van der Waals surface area contributed by atoms with Gasteiger partial charge in [0.25, 0.3) is 17.6 Å². The summed E-state index contributed by atoms with van der Waals surface area (Å²) in [5, 5.41) is 7.06. The second kappa shape index (κ2) is 11.6. The number of benzene rings is 2. The van der Waals surface area contributed by atoms with E-state index in [9.17, 15) is 27.2 Å². The number of carbonyl (C=O) groups excluding carboxylic acids is 2. The predicted molar refractivity (Wildman–Crippen MR) is 139 cm³/mol. The average molecular weight is 586 g/mol. The zero-order valence-electron chi connectivity index (χ0n) is 21.7. The van der Waals surface area contributed by atoms with E-state index in [0.717, 1.165) is 6.07 Å². The number of ether oxygens (including phenoxy) is 3. The van der Waals surface area contributed by atoms with Crippen molar-refractivity contribution in [3.05, 3.63) is 96.1 Å². The molecule has 0 aliphatic carbocycles. The van der Waals surface area contributed by atoms with Crippen LogP contribution in [-0.4, -0.2) is 58.0 Å². The molecule has 2 amide bonds. The zero-order valence-corrected chi connectivity index (χ0v) is 21.7. The van der Waals surface area contributed by atoms with E-state index in [1.165, 1.54) is 77.7 Å². The quantitative estimate of drug-likeness (QED) is 0.288. The molecule has 14 heteroatoms. The van der Waals surface area contributed by atoms with E-state index < -0.39 is 41.6 Å². The zero-order chi connectivity index (χ0) is 29.9. The molecule has 1 aliphatic heterocycles. The summed E-state index contributed by atoms with van der Waals surface area (Å²) in [6, 6.07) is 14.2. The van der Waals surface area contributed by atoms with Crippen LogP contribution in [0.1, 0.15) is 15.9 Å². The minimum Gasteiger partial charge on any atom is -0.405 e. The molecule has 1 atom stereocenters. The summed E-state index contributed by atoms with van der Waals surface area (Å²) in [6.45, 7) is 0.0962. The summed E-state index contributed by atoms with van der Waals surface area (Å²) in [5.41, 5.74) is 6.41. The molecule has 10 nitrogen and oxygen atoms in total. The van der Waals surface area contributed by atoms with Crippen LogP contribution in [0.25, 0.3) is 17.1 Å². The average Bonchev–Trinajstić information content (AvgIpc) is 3.65. The van der Waals surface area contributed by atoms with Crippen molar-refractivity contribution in [1.82, 2.24) is 20.1 Å². The molecule has 5 rings (SSSR count). The van der Waals surface area contributed by atoms with Crippen molar-refractivity contribution in [2.24, 2.45) is 5.73 Å². The van der Waals surface area contributed by atoms with Gasteiger partial charge in [-0.3, -0.25) is 9.59 Å². The molecule has 3 N–H and O–H groups in total. The van der Waals surface area contributed by atoms with E-state index in [1.54, 1.807) is 0 Å². The number of rotatable bonds is 9. The highest BCUT2D eigenvalue weighted by Crippen LogP contribution is 2.33. The highest BCUT2D eigenvalue weighted by Gasteiger charge is 2.51.